The summed E-state index contributed by atoms with van der Waals surface area (Å²) in [5.74, 6) is -0.255. The van der Waals surface area contributed by atoms with Crippen LogP contribution in [0, 0.1) is 0 Å². The normalized spacial score (nSPS) is 12.6. The molecule has 8 nitrogen and oxygen atoms in total. The lowest BCUT2D eigenvalue weighted by atomic mass is 10.1. The second kappa shape index (κ2) is 12.2. The van der Waals surface area contributed by atoms with Crippen molar-refractivity contribution in [2.45, 2.75) is 52.2 Å². The summed E-state index contributed by atoms with van der Waals surface area (Å²) in [5, 5.41) is 3.08. The zero-order valence-corrected chi connectivity index (χ0v) is 23.7. The molecule has 36 heavy (non-hydrogen) atoms. The lowest BCUT2D eigenvalue weighted by molar-refractivity contribution is -0.141. The number of ether oxygens (including phenoxy) is 1. The highest BCUT2D eigenvalue weighted by Crippen LogP contribution is 2.33. The molecule has 2 amide bonds. The average molecular weight is 559 g/mol. The monoisotopic (exact) mass is 557 g/mol. The van der Waals surface area contributed by atoms with Gasteiger partial charge in [0, 0.05) is 12.1 Å². The molecule has 0 aromatic heterocycles. The Kier molecular flexibility index (Phi) is 10.0. The number of amides is 2. The molecule has 1 atom stereocenters. The summed E-state index contributed by atoms with van der Waals surface area (Å²) in [6, 6.07) is 10.8. The molecule has 0 bridgehead atoms. The minimum absolute atomic E-state index is 0.0108. The second-order valence-electron chi connectivity index (χ2n) is 9.38. The quantitative estimate of drug-likeness (QED) is 0.464. The van der Waals surface area contributed by atoms with E-state index in [4.69, 9.17) is 27.9 Å². The Hall–Kier alpha value is -2.49. The second-order valence-corrected chi connectivity index (χ2v) is 12.1. The maximum atomic E-state index is 13.7. The van der Waals surface area contributed by atoms with E-state index in [1.54, 1.807) is 44.4 Å². The van der Waals surface area contributed by atoms with Crippen LogP contribution < -0.4 is 14.4 Å². The molecule has 2 rings (SSSR count). The lowest BCUT2D eigenvalue weighted by Gasteiger charge is -2.34. The number of hydrogen-bond donors (Lipinski definition) is 1. The summed E-state index contributed by atoms with van der Waals surface area (Å²) < 4.78 is 31.5. The van der Waals surface area contributed by atoms with Crippen molar-refractivity contribution in [1.82, 2.24) is 10.2 Å². The predicted molar refractivity (Wildman–Crippen MR) is 144 cm³/mol. The molecule has 0 aliphatic rings. The van der Waals surface area contributed by atoms with Crippen molar-refractivity contribution in [1.29, 1.82) is 0 Å². The highest BCUT2D eigenvalue weighted by molar-refractivity contribution is 7.92. The number of nitrogens with zero attached hydrogens (tertiary/aromatic N) is 2. The molecule has 2 aromatic carbocycles. The fourth-order valence-corrected chi connectivity index (χ4v) is 4.88. The van der Waals surface area contributed by atoms with Crippen molar-refractivity contribution in [2.24, 2.45) is 0 Å². The smallest absolute Gasteiger partial charge is 0.244 e. The van der Waals surface area contributed by atoms with Gasteiger partial charge in [0.1, 0.15) is 18.3 Å². The Morgan fingerprint density at radius 2 is 1.69 bits per heavy atom. The minimum atomic E-state index is -3.92. The van der Waals surface area contributed by atoms with Crippen LogP contribution in [0.5, 0.6) is 5.75 Å². The van der Waals surface area contributed by atoms with Crippen molar-refractivity contribution in [3.63, 3.8) is 0 Å². The van der Waals surface area contributed by atoms with E-state index in [-0.39, 0.29) is 28.2 Å². The molecule has 0 saturated carbocycles. The number of nitrogens with one attached hydrogen (secondary N) is 1. The Balaban J connectivity index is 2.50. The van der Waals surface area contributed by atoms with Gasteiger partial charge in [0.2, 0.25) is 21.8 Å². The first-order valence-electron chi connectivity index (χ1n) is 11.3. The number of anilines is 1. The van der Waals surface area contributed by atoms with Gasteiger partial charge in [0.05, 0.1) is 29.1 Å². The number of halogens is 2. The number of methoxy groups -OCH3 is 1. The molecule has 2 aromatic rings. The molecule has 0 aliphatic heterocycles. The first kappa shape index (κ1) is 29.7. The molecule has 0 radical (unpaired) electrons. The van der Waals surface area contributed by atoms with Gasteiger partial charge in [-0.3, -0.25) is 13.9 Å². The van der Waals surface area contributed by atoms with E-state index in [9.17, 15) is 18.0 Å². The van der Waals surface area contributed by atoms with Crippen LogP contribution >= 0.6 is 23.2 Å². The molecule has 11 heteroatoms. The van der Waals surface area contributed by atoms with E-state index in [1.807, 2.05) is 20.8 Å². The van der Waals surface area contributed by atoms with Gasteiger partial charge >= 0.3 is 0 Å². The third kappa shape index (κ3) is 8.01. The summed E-state index contributed by atoms with van der Waals surface area (Å²) in [5.41, 5.74) is 0.307. The van der Waals surface area contributed by atoms with Crippen LogP contribution in [0.4, 0.5) is 5.69 Å². The van der Waals surface area contributed by atoms with E-state index in [2.05, 4.69) is 5.32 Å². The Bertz CT molecular complexity index is 1180. The Morgan fingerprint density at radius 3 is 2.19 bits per heavy atom. The number of carbonyl (C=O) groups excluding carboxylic acids is 2. The van der Waals surface area contributed by atoms with E-state index < -0.39 is 34.1 Å². The number of hydrogen-bond acceptors (Lipinski definition) is 5. The summed E-state index contributed by atoms with van der Waals surface area (Å²) in [7, 11) is -2.37. The van der Waals surface area contributed by atoms with Crippen molar-refractivity contribution in [2.75, 3.05) is 24.2 Å². The van der Waals surface area contributed by atoms with Crippen LogP contribution in [-0.4, -0.2) is 56.6 Å². The molecule has 1 N–H and O–H groups in total. The van der Waals surface area contributed by atoms with E-state index in [0.29, 0.717) is 12.2 Å². The van der Waals surface area contributed by atoms with Crippen molar-refractivity contribution in [3.05, 3.63) is 58.1 Å². The molecular formula is C25H33Cl2N3O5S. The maximum absolute atomic E-state index is 13.7. The molecule has 0 spiro atoms. The van der Waals surface area contributed by atoms with E-state index in [1.165, 1.54) is 17.0 Å². The van der Waals surface area contributed by atoms with Gasteiger partial charge in [0.15, 0.2) is 0 Å². The third-order valence-corrected chi connectivity index (χ3v) is 7.21. The number of rotatable bonds is 10. The summed E-state index contributed by atoms with van der Waals surface area (Å²) in [4.78, 5) is 28.3. The molecule has 198 valence electrons. The highest BCUT2D eigenvalue weighted by Gasteiger charge is 2.33. The minimum Gasteiger partial charge on any atom is -0.497 e. The lowest BCUT2D eigenvalue weighted by Crippen LogP contribution is -2.55. The molecule has 0 saturated heterocycles. The van der Waals surface area contributed by atoms with Crippen LogP contribution in [-0.2, 0) is 26.2 Å². The van der Waals surface area contributed by atoms with E-state index in [0.717, 1.165) is 16.1 Å². The van der Waals surface area contributed by atoms with E-state index >= 15 is 0 Å². The fourth-order valence-electron chi connectivity index (χ4n) is 3.58. The Labute approximate surface area is 223 Å². The standard InChI is InChI=1S/C25H33Cl2N3O5S/c1-7-20(24(32)28-25(2,3)4)29(15-17-11-13-18(35-5)14-12-17)22(31)16-30(36(6,33)34)21-10-8-9-19(26)23(21)27/h8-14,20H,7,15-16H2,1-6H3,(H,28,32). The van der Waals surface area contributed by atoms with Crippen LogP contribution in [0.25, 0.3) is 0 Å². The maximum Gasteiger partial charge on any atom is 0.244 e. The number of carbonyl (C=O) groups is 2. The predicted octanol–water partition coefficient (Wildman–Crippen LogP) is 4.49. The van der Waals surface area contributed by atoms with Crippen LogP contribution in [0.2, 0.25) is 10.0 Å². The van der Waals surface area contributed by atoms with Gasteiger partial charge < -0.3 is 15.0 Å². The van der Waals surface area contributed by atoms with Gasteiger partial charge in [-0.15, -0.1) is 0 Å². The summed E-state index contributed by atoms with van der Waals surface area (Å²) in [6.45, 7) is 6.86. The summed E-state index contributed by atoms with van der Waals surface area (Å²) in [6.07, 6.45) is 1.30. The Morgan fingerprint density at radius 1 is 1.08 bits per heavy atom. The SMILES string of the molecule is CCC(C(=O)NC(C)(C)C)N(Cc1ccc(OC)cc1)C(=O)CN(c1cccc(Cl)c1Cl)S(C)(=O)=O. The average Bonchev–Trinajstić information content (AvgIpc) is 2.77. The summed E-state index contributed by atoms with van der Waals surface area (Å²) >= 11 is 12.4. The number of sulfonamides is 1. The van der Waals surface area contributed by atoms with Gasteiger partial charge in [-0.05, 0) is 57.0 Å². The van der Waals surface area contributed by atoms with Gasteiger partial charge in [-0.1, -0.05) is 48.3 Å². The first-order valence-corrected chi connectivity index (χ1v) is 13.9. The van der Waals surface area contributed by atoms with Gasteiger partial charge in [-0.25, -0.2) is 8.42 Å². The zero-order chi connectivity index (χ0) is 27.3. The zero-order valence-electron chi connectivity index (χ0n) is 21.3. The molecule has 1 unspecified atom stereocenters. The topological polar surface area (TPSA) is 96.0 Å². The highest BCUT2D eigenvalue weighted by atomic mass is 35.5. The van der Waals surface area contributed by atoms with Crippen LogP contribution in [0.3, 0.4) is 0 Å². The molecule has 0 heterocycles. The van der Waals surface area contributed by atoms with Crippen molar-refractivity contribution in [3.8, 4) is 5.75 Å². The first-order chi connectivity index (χ1) is 16.7. The largest absolute Gasteiger partial charge is 0.497 e. The van der Waals surface area contributed by atoms with Crippen LogP contribution in [0.15, 0.2) is 42.5 Å². The molecule has 0 fully saturated rings. The fraction of sp³-hybridized carbons (Fsp3) is 0.440. The van der Waals surface area contributed by atoms with Crippen molar-refractivity contribution >= 4 is 50.7 Å². The molecule has 0 aliphatic carbocycles. The van der Waals surface area contributed by atoms with Crippen molar-refractivity contribution < 1.29 is 22.7 Å². The van der Waals surface area contributed by atoms with Gasteiger partial charge in [0.25, 0.3) is 0 Å². The molecular weight excluding hydrogens is 525 g/mol. The number of benzene rings is 2. The van der Waals surface area contributed by atoms with Gasteiger partial charge in [-0.2, -0.15) is 0 Å². The van der Waals surface area contributed by atoms with Crippen LogP contribution in [0.1, 0.15) is 39.7 Å². The third-order valence-electron chi connectivity index (χ3n) is 5.28.